The molecule has 0 saturated carbocycles. The lowest BCUT2D eigenvalue weighted by atomic mass is 9.94. The molecule has 1 aliphatic heterocycles. The van der Waals surface area contributed by atoms with Gasteiger partial charge in [0.05, 0.1) is 12.1 Å². The van der Waals surface area contributed by atoms with Crippen LogP contribution in [0, 0.1) is 6.92 Å². The van der Waals surface area contributed by atoms with Crippen molar-refractivity contribution in [1.29, 1.82) is 0 Å². The van der Waals surface area contributed by atoms with Gasteiger partial charge in [-0.25, -0.2) is 0 Å². The van der Waals surface area contributed by atoms with E-state index >= 15 is 0 Å². The Morgan fingerprint density at radius 2 is 2.10 bits per heavy atom. The van der Waals surface area contributed by atoms with Gasteiger partial charge in [0.15, 0.2) is 0 Å². The maximum absolute atomic E-state index is 11.0. The third-order valence-corrected chi connectivity index (χ3v) is 5.59. The fraction of sp³-hybridized carbons (Fsp3) is 0.391. The number of aromatic nitrogens is 2. The molecule has 0 amide bonds. The van der Waals surface area contributed by atoms with Crippen molar-refractivity contribution in [1.82, 2.24) is 14.7 Å². The highest BCUT2D eigenvalue weighted by Gasteiger charge is 2.21. The van der Waals surface area contributed by atoms with E-state index in [0.29, 0.717) is 19.2 Å². The zero-order valence-corrected chi connectivity index (χ0v) is 17.2. The molecule has 3 aromatic rings. The van der Waals surface area contributed by atoms with E-state index in [-0.39, 0.29) is 6.54 Å². The first-order chi connectivity index (χ1) is 13.9. The molecule has 152 valence electrons. The quantitative estimate of drug-likeness (QED) is 0.687. The van der Waals surface area contributed by atoms with Crippen LogP contribution in [0.3, 0.4) is 0 Å². The summed E-state index contributed by atoms with van der Waals surface area (Å²) in [5, 5.41) is 14.7. The number of hydrogen-bond acceptors (Lipinski definition) is 4. The van der Waals surface area contributed by atoms with Gasteiger partial charge in [0.2, 0.25) is 0 Å². The van der Waals surface area contributed by atoms with Crippen molar-refractivity contribution in [2.24, 2.45) is 0 Å². The summed E-state index contributed by atoms with van der Waals surface area (Å²) in [6.45, 7) is 8.38. The van der Waals surface area contributed by atoms with Gasteiger partial charge in [0, 0.05) is 30.7 Å². The van der Waals surface area contributed by atoms with Gasteiger partial charge < -0.3 is 9.84 Å². The molecular weight excluding hydrogens is 366 g/mol. The van der Waals surface area contributed by atoms with E-state index in [1.807, 2.05) is 21.7 Å². The second-order valence-electron chi connectivity index (χ2n) is 8.07. The maximum Gasteiger partial charge on any atom is 0.317 e. The van der Waals surface area contributed by atoms with E-state index in [2.05, 4.69) is 50.3 Å². The highest BCUT2D eigenvalue weighted by molar-refractivity contribution is 5.78. The van der Waals surface area contributed by atoms with Crippen LogP contribution in [0.25, 0.3) is 10.9 Å². The van der Waals surface area contributed by atoms with Gasteiger partial charge in [-0.3, -0.25) is 14.4 Å². The maximum atomic E-state index is 11.0. The number of hydrogen-bond donors (Lipinski definition) is 1. The average Bonchev–Trinajstić information content (AvgIpc) is 3.11. The van der Waals surface area contributed by atoms with Crippen molar-refractivity contribution < 1.29 is 14.6 Å². The Morgan fingerprint density at radius 1 is 1.28 bits per heavy atom. The van der Waals surface area contributed by atoms with Gasteiger partial charge in [0.1, 0.15) is 12.4 Å². The number of nitrogens with zero attached hydrogens (tertiary/aromatic N) is 3. The fourth-order valence-corrected chi connectivity index (χ4v) is 3.97. The predicted octanol–water partition coefficient (Wildman–Crippen LogP) is 3.95. The topological polar surface area (TPSA) is 67.6 Å². The van der Waals surface area contributed by atoms with Crippen molar-refractivity contribution in [3.05, 3.63) is 58.8 Å². The van der Waals surface area contributed by atoms with Gasteiger partial charge in [-0.15, -0.1) is 0 Å². The van der Waals surface area contributed by atoms with E-state index in [1.165, 1.54) is 11.1 Å². The number of rotatable bonds is 6. The summed E-state index contributed by atoms with van der Waals surface area (Å²) in [6, 6.07) is 10.7. The second-order valence-corrected chi connectivity index (χ2v) is 8.07. The summed E-state index contributed by atoms with van der Waals surface area (Å²) < 4.78 is 8.13. The number of benzene rings is 2. The minimum atomic E-state index is -0.777. The number of fused-ring (bicyclic) bond motifs is 2. The van der Waals surface area contributed by atoms with Gasteiger partial charge in [-0.1, -0.05) is 12.1 Å². The van der Waals surface area contributed by atoms with Gasteiger partial charge in [0.25, 0.3) is 0 Å². The molecular formula is C23H27N3O3. The lowest BCUT2D eigenvalue weighted by Crippen LogP contribution is -2.35. The molecule has 6 nitrogen and oxygen atoms in total. The lowest BCUT2D eigenvalue weighted by Gasteiger charge is -2.29. The van der Waals surface area contributed by atoms with Crippen molar-refractivity contribution in [3.63, 3.8) is 0 Å². The minimum Gasteiger partial charge on any atom is -0.489 e. The minimum absolute atomic E-state index is 0.0899. The van der Waals surface area contributed by atoms with Crippen molar-refractivity contribution in [3.8, 4) is 5.75 Å². The fourth-order valence-electron chi connectivity index (χ4n) is 3.97. The highest BCUT2D eigenvalue weighted by atomic mass is 16.5. The van der Waals surface area contributed by atoms with Crippen LogP contribution >= 0.6 is 0 Å². The molecule has 29 heavy (non-hydrogen) atoms. The summed E-state index contributed by atoms with van der Waals surface area (Å²) in [5.41, 5.74) is 5.76. The molecule has 0 unspecified atom stereocenters. The van der Waals surface area contributed by atoms with Crippen LogP contribution in [0.15, 0.2) is 36.5 Å². The molecule has 0 saturated heterocycles. The molecule has 0 fully saturated rings. The molecule has 4 rings (SSSR count). The third-order valence-electron chi connectivity index (χ3n) is 5.59. The van der Waals surface area contributed by atoms with Gasteiger partial charge >= 0.3 is 5.97 Å². The standard InChI is InChI=1S/C23H27N3O3/c1-15(2)26-12-19-10-17(4-6-21(19)24-26)14-29-22-7-5-18-11-25(13-23(27)28)9-8-20(18)16(22)3/h4-7,10,12,15H,8-9,11,13-14H2,1-3H3,(H,27,28). The summed E-state index contributed by atoms with van der Waals surface area (Å²) >= 11 is 0. The van der Waals surface area contributed by atoms with Crippen LogP contribution < -0.4 is 4.74 Å². The third kappa shape index (κ3) is 4.12. The molecule has 1 aromatic heterocycles. The smallest absolute Gasteiger partial charge is 0.317 e. The molecule has 0 spiro atoms. The molecule has 6 heteroatoms. The van der Waals surface area contributed by atoms with E-state index in [0.717, 1.165) is 40.7 Å². The number of ether oxygens (including phenoxy) is 1. The lowest BCUT2D eigenvalue weighted by molar-refractivity contribution is -0.138. The Morgan fingerprint density at radius 3 is 2.86 bits per heavy atom. The zero-order chi connectivity index (χ0) is 20.5. The van der Waals surface area contributed by atoms with Crippen LogP contribution in [0.4, 0.5) is 0 Å². The normalized spacial score (nSPS) is 14.3. The second kappa shape index (κ2) is 7.87. The molecule has 2 aromatic carbocycles. The van der Waals surface area contributed by atoms with Crippen LogP contribution in [0.1, 0.15) is 42.1 Å². The first-order valence-corrected chi connectivity index (χ1v) is 10.1. The van der Waals surface area contributed by atoms with Crippen LogP contribution in [-0.4, -0.2) is 38.8 Å². The Labute approximate surface area is 170 Å². The number of carbonyl (C=O) groups is 1. The van der Waals surface area contributed by atoms with Gasteiger partial charge in [-0.05, 0) is 67.6 Å². The Bertz CT molecular complexity index is 1050. The molecule has 0 radical (unpaired) electrons. The first kappa shape index (κ1) is 19.5. The Hall–Kier alpha value is -2.86. The Balaban J connectivity index is 1.48. The number of aliphatic carboxylic acids is 1. The van der Waals surface area contributed by atoms with E-state index in [1.54, 1.807) is 0 Å². The molecule has 0 atom stereocenters. The SMILES string of the molecule is Cc1c(OCc2ccc3nn(C(C)C)cc3c2)ccc2c1CCN(CC(=O)O)C2. The van der Waals surface area contributed by atoms with Crippen LogP contribution in [0.5, 0.6) is 5.75 Å². The van der Waals surface area contributed by atoms with Crippen molar-refractivity contribution >= 4 is 16.9 Å². The Kier molecular flexibility index (Phi) is 5.28. The van der Waals surface area contributed by atoms with Crippen LogP contribution in [-0.2, 0) is 24.4 Å². The van der Waals surface area contributed by atoms with E-state index in [4.69, 9.17) is 9.84 Å². The summed E-state index contributed by atoms with van der Waals surface area (Å²) in [5.74, 6) is 0.120. The summed E-state index contributed by atoms with van der Waals surface area (Å²) in [6.07, 6.45) is 2.93. The monoisotopic (exact) mass is 393 g/mol. The van der Waals surface area contributed by atoms with Gasteiger partial charge in [-0.2, -0.15) is 5.10 Å². The first-order valence-electron chi connectivity index (χ1n) is 10.1. The van der Waals surface area contributed by atoms with Crippen molar-refractivity contribution in [2.45, 2.75) is 46.4 Å². The van der Waals surface area contributed by atoms with Crippen LogP contribution in [0.2, 0.25) is 0 Å². The molecule has 2 heterocycles. The molecule has 0 aliphatic carbocycles. The average molecular weight is 393 g/mol. The van der Waals surface area contributed by atoms with Crippen molar-refractivity contribution in [2.75, 3.05) is 13.1 Å². The van der Waals surface area contributed by atoms with E-state index < -0.39 is 5.97 Å². The highest BCUT2D eigenvalue weighted by Crippen LogP contribution is 2.30. The molecule has 0 bridgehead atoms. The predicted molar refractivity (Wildman–Crippen MR) is 112 cm³/mol. The largest absolute Gasteiger partial charge is 0.489 e. The molecule has 1 aliphatic rings. The number of carboxylic acid groups (broad SMARTS) is 1. The summed E-state index contributed by atoms with van der Waals surface area (Å²) in [4.78, 5) is 12.9. The summed E-state index contributed by atoms with van der Waals surface area (Å²) in [7, 11) is 0. The van der Waals surface area contributed by atoms with E-state index in [9.17, 15) is 4.79 Å². The molecule has 1 N–H and O–H groups in total. The number of carboxylic acids is 1. The zero-order valence-electron chi connectivity index (χ0n) is 17.2.